The van der Waals surface area contributed by atoms with Crippen molar-refractivity contribution in [1.82, 2.24) is 9.97 Å². The molecule has 1 N–H and O–H groups in total. The van der Waals surface area contributed by atoms with Gasteiger partial charge in [0.05, 0.1) is 6.61 Å². The molecule has 3 rings (SSSR count). The molecule has 2 heterocycles. The minimum absolute atomic E-state index is 0.0780. The third-order valence-electron chi connectivity index (χ3n) is 5.00. The lowest BCUT2D eigenvalue weighted by atomic mass is 9.82. The summed E-state index contributed by atoms with van der Waals surface area (Å²) < 4.78 is 36.9. The Balaban J connectivity index is 1.71. The highest BCUT2D eigenvalue weighted by molar-refractivity contribution is 5.35. The van der Waals surface area contributed by atoms with Gasteiger partial charge in [0.2, 0.25) is 5.95 Å². The van der Waals surface area contributed by atoms with Gasteiger partial charge in [-0.1, -0.05) is 6.42 Å². The summed E-state index contributed by atoms with van der Waals surface area (Å²) in [4.78, 5) is 10.5. The van der Waals surface area contributed by atoms with Crippen molar-refractivity contribution in [2.75, 3.05) is 24.6 Å². The van der Waals surface area contributed by atoms with E-state index in [1.807, 2.05) is 4.90 Å². The number of aromatic nitrogens is 2. The Hall–Kier alpha value is -1.37. The summed E-state index contributed by atoms with van der Waals surface area (Å²) in [6, 6.07) is 1.54. The third kappa shape index (κ3) is 3.04. The second-order valence-corrected chi connectivity index (χ2v) is 6.45. The van der Waals surface area contributed by atoms with E-state index in [-0.39, 0.29) is 18.4 Å². The number of nitrogens with zero attached hydrogens (tertiary/aromatic N) is 3. The van der Waals surface area contributed by atoms with Crippen LogP contribution in [0.4, 0.5) is 19.1 Å². The average Bonchev–Trinajstić information content (AvgIpc) is 3.02. The quantitative estimate of drug-likeness (QED) is 0.928. The number of fused-ring (bicyclic) bond motifs is 1. The molecule has 0 unspecified atom stereocenters. The van der Waals surface area contributed by atoms with Crippen molar-refractivity contribution in [1.29, 1.82) is 0 Å². The third-order valence-corrected chi connectivity index (χ3v) is 5.00. The summed E-state index contributed by atoms with van der Waals surface area (Å²) in [5.74, 6) is 0.918. The van der Waals surface area contributed by atoms with Gasteiger partial charge in [-0.3, -0.25) is 0 Å². The fourth-order valence-corrected chi connectivity index (χ4v) is 3.77. The second kappa shape index (κ2) is 5.68. The van der Waals surface area contributed by atoms with Gasteiger partial charge >= 0.3 is 6.18 Å². The molecule has 0 spiro atoms. The maximum atomic E-state index is 12.3. The zero-order valence-corrected chi connectivity index (χ0v) is 12.3. The van der Waals surface area contributed by atoms with Crippen LogP contribution in [0.25, 0.3) is 0 Å². The van der Waals surface area contributed by atoms with Gasteiger partial charge in [-0.2, -0.15) is 13.2 Å². The van der Waals surface area contributed by atoms with Crippen LogP contribution >= 0.6 is 0 Å². The molecule has 1 aliphatic carbocycles. The zero-order valence-electron chi connectivity index (χ0n) is 12.3. The molecule has 1 aromatic rings. The first kappa shape index (κ1) is 15.5. The van der Waals surface area contributed by atoms with Gasteiger partial charge in [-0.25, -0.2) is 9.97 Å². The highest BCUT2D eigenvalue weighted by atomic mass is 19.4. The lowest BCUT2D eigenvalue weighted by molar-refractivity contribution is -0.134. The first-order valence-electron chi connectivity index (χ1n) is 7.66. The van der Waals surface area contributed by atoms with E-state index in [2.05, 4.69) is 9.97 Å². The van der Waals surface area contributed by atoms with Crippen LogP contribution < -0.4 is 4.90 Å². The van der Waals surface area contributed by atoms with E-state index in [9.17, 15) is 18.3 Å². The number of aliphatic hydroxyl groups excluding tert-OH is 1. The van der Waals surface area contributed by atoms with E-state index in [4.69, 9.17) is 0 Å². The fraction of sp³-hybridized carbons (Fsp3) is 0.733. The van der Waals surface area contributed by atoms with Crippen LogP contribution in [-0.4, -0.2) is 40.9 Å². The van der Waals surface area contributed by atoms with E-state index < -0.39 is 12.6 Å². The Morgan fingerprint density at radius 1 is 1.41 bits per heavy atom. The van der Waals surface area contributed by atoms with E-state index >= 15 is 0 Å². The molecule has 1 saturated carbocycles. The van der Waals surface area contributed by atoms with Gasteiger partial charge in [0.25, 0.3) is 0 Å². The normalized spacial score (nSPS) is 28.2. The van der Waals surface area contributed by atoms with Crippen molar-refractivity contribution >= 4 is 5.95 Å². The highest BCUT2D eigenvalue weighted by Crippen LogP contribution is 2.48. The predicted octanol–water partition coefficient (Wildman–Crippen LogP) is 2.57. The molecule has 122 valence electrons. The largest absolute Gasteiger partial charge is 0.396 e. The van der Waals surface area contributed by atoms with Crippen molar-refractivity contribution in [2.24, 2.45) is 11.3 Å². The molecule has 22 heavy (non-hydrogen) atoms. The molecule has 0 radical (unpaired) electrons. The Morgan fingerprint density at radius 2 is 2.23 bits per heavy atom. The standard InChI is InChI=1S/C15H20F3N3O/c16-15(17,18)6-3-12-4-7-19-13(20-12)21-8-11-2-1-5-14(11,9-21)10-22/h4,7,11,22H,1-3,5-6,8-10H2/t11-,14+/m0/s1. The van der Waals surface area contributed by atoms with Crippen molar-refractivity contribution in [2.45, 2.75) is 38.3 Å². The van der Waals surface area contributed by atoms with Gasteiger partial charge in [0, 0.05) is 36.8 Å². The minimum atomic E-state index is -4.17. The van der Waals surface area contributed by atoms with Gasteiger partial charge < -0.3 is 10.0 Å². The monoisotopic (exact) mass is 315 g/mol. The molecule has 0 aromatic carbocycles. The van der Waals surface area contributed by atoms with E-state index in [0.29, 0.717) is 24.1 Å². The van der Waals surface area contributed by atoms with Gasteiger partial charge in [-0.15, -0.1) is 0 Å². The van der Waals surface area contributed by atoms with Crippen LogP contribution in [-0.2, 0) is 6.42 Å². The van der Waals surface area contributed by atoms with Crippen LogP contribution in [0.1, 0.15) is 31.4 Å². The van der Waals surface area contributed by atoms with Crippen LogP contribution in [0.15, 0.2) is 12.3 Å². The molecule has 0 amide bonds. The Labute approximate surface area is 127 Å². The summed E-state index contributed by atoms with van der Waals surface area (Å²) in [6.45, 7) is 1.63. The van der Waals surface area contributed by atoms with E-state index in [0.717, 1.165) is 25.8 Å². The van der Waals surface area contributed by atoms with Crippen LogP contribution in [0.3, 0.4) is 0 Å². The molecule has 4 nitrogen and oxygen atoms in total. The SMILES string of the molecule is OC[C@]12CCC[C@H]1CN(c1nccc(CCC(F)(F)F)n1)C2. The van der Waals surface area contributed by atoms with Gasteiger partial charge in [-0.05, 0) is 31.2 Å². The lowest BCUT2D eigenvalue weighted by Crippen LogP contribution is -2.31. The molecule has 1 saturated heterocycles. The first-order valence-corrected chi connectivity index (χ1v) is 7.66. The highest BCUT2D eigenvalue weighted by Gasteiger charge is 2.49. The van der Waals surface area contributed by atoms with Crippen molar-refractivity contribution in [3.8, 4) is 0 Å². The number of halogens is 3. The topological polar surface area (TPSA) is 49.2 Å². The number of anilines is 1. The van der Waals surface area contributed by atoms with Crippen LogP contribution in [0.5, 0.6) is 0 Å². The summed E-state index contributed by atoms with van der Waals surface area (Å²) in [5.41, 5.74) is 0.336. The van der Waals surface area contributed by atoms with Crippen LogP contribution in [0.2, 0.25) is 0 Å². The van der Waals surface area contributed by atoms with Crippen molar-refractivity contribution in [3.05, 3.63) is 18.0 Å². The number of hydrogen-bond donors (Lipinski definition) is 1. The Bertz CT molecular complexity index is 537. The number of alkyl halides is 3. The second-order valence-electron chi connectivity index (χ2n) is 6.45. The molecular formula is C15H20F3N3O. The summed E-state index contributed by atoms with van der Waals surface area (Å²) in [5, 5.41) is 9.73. The maximum Gasteiger partial charge on any atom is 0.389 e. The van der Waals surface area contributed by atoms with Crippen LogP contribution in [0, 0.1) is 11.3 Å². The molecule has 1 aromatic heterocycles. The molecule has 0 bridgehead atoms. The molecule has 2 fully saturated rings. The van der Waals surface area contributed by atoms with E-state index in [1.54, 1.807) is 0 Å². The number of aryl methyl sites for hydroxylation is 1. The maximum absolute atomic E-state index is 12.3. The van der Waals surface area contributed by atoms with Crippen molar-refractivity contribution < 1.29 is 18.3 Å². The fourth-order valence-electron chi connectivity index (χ4n) is 3.77. The molecular weight excluding hydrogens is 295 g/mol. The Morgan fingerprint density at radius 3 is 2.91 bits per heavy atom. The van der Waals surface area contributed by atoms with Gasteiger partial charge in [0.1, 0.15) is 0 Å². The minimum Gasteiger partial charge on any atom is -0.396 e. The molecule has 2 aliphatic rings. The predicted molar refractivity (Wildman–Crippen MR) is 75.5 cm³/mol. The summed E-state index contributed by atoms with van der Waals surface area (Å²) in [7, 11) is 0. The summed E-state index contributed by atoms with van der Waals surface area (Å²) in [6.07, 6.45) is -0.423. The first-order chi connectivity index (χ1) is 10.4. The van der Waals surface area contributed by atoms with Crippen molar-refractivity contribution in [3.63, 3.8) is 0 Å². The van der Waals surface area contributed by atoms with Gasteiger partial charge in [0.15, 0.2) is 0 Å². The molecule has 1 aliphatic heterocycles. The number of rotatable bonds is 4. The molecule has 7 heteroatoms. The number of aliphatic hydroxyl groups is 1. The molecule has 2 atom stereocenters. The summed E-state index contributed by atoms with van der Waals surface area (Å²) >= 11 is 0. The van der Waals surface area contributed by atoms with E-state index in [1.165, 1.54) is 12.3 Å². The smallest absolute Gasteiger partial charge is 0.389 e. The lowest BCUT2D eigenvalue weighted by Gasteiger charge is -2.25. The number of hydrogen-bond acceptors (Lipinski definition) is 4. The zero-order chi connectivity index (χ0) is 15.8. The Kier molecular flexibility index (Phi) is 4.01. The average molecular weight is 315 g/mol.